The lowest BCUT2D eigenvalue weighted by atomic mass is 9.79. The van der Waals surface area contributed by atoms with E-state index < -0.39 is 10.1 Å². The van der Waals surface area contributed by atoms with Gasteiger partial charge in [0.2, 0.25) is 11.6 Å². The highest BCUT2D eigenvalue weighted by Crippen LogP contribution is 2.51. The Morgan fingerprint density at radius 1 is 0.778 bits per heavy atom. The zero-order valence-electron chi connectivity index (χ0n) is 31.9. The Kier molecular flexibility index (Phi) is 11.7. The van der Waals surface area contributed by atoms with Crippen LogP contribution in [0.3, 0.4) is 0 Å². The summed E-state index contributed by atoms with van der Waals surface area (Å²) in [5, 5.41) is 4.92. The molecule has 0 saturated carbocycles. The number of allylic oxidation sites excluding steroid dienone is 8. The van der Waals surface area contributed by atoms with Crippen LogP contribution in [-0.2, 0) is 25.7 Å². The molecule has 282 valence electrons. The van der Waals surface area contributed by atoms with E-state index in [1.807, 2.05) is 12.2 Å². The molecular weight excluding hydrogens is 693 g/mol. The Morgan fingerprint density at radius 3 is 2.13 bits per heavy atom. The van der Waals surface area contributed by atoms with Gasteiger partial charge in [-0.2, -0.15) is 13.0 Å². The third-order valence-corrected chi connectivity index (χ3v) is 11.7. The van der Waals surface area contributed by atoms with Gasteiger partial charge in [0.25, 0.3) is 10.1 Å². The smallest absolute Gasteiger partial charge is 0.264 e. The van der Waals surface area contributed by atoms with E-state index in [-0.39, 0.29) is 22.5 Å². The summed E-state index contributed by atoms with van der Waals surface area (Å²) in [7, 11) is -4.00. The van der Waals surface area contributed by atoms with E-state index in [0.717, 1.165) is 37.2 Å². The molecule has 0 aliphatic carbocycles. The fourth-order valence-electron chi connectivity index (χ4n) is 8.40. The van der Waals surface area contributed by atoms with Crippen LogP contribution in [0.25, 0.3) is 21.5 Å². The number of anilines is 1. The van der Waals surface area contributed by atoms with E-state index in [1.165, 1.54) is 44.1 Å². The SMILES string of the molecule is CC1(C)C(=CC=CC=CC=CC2=[N+](CCCCCC(=O)NN)c3ccc4ccccc4c3C2(C)C)N(CCCCS(=O)(=O)O)c2ccc3ccccc3c21. The molecule has 4 N–H and O–H groups in total. The van der Waals surface area contributed by atoms with E-state index in [0.29, 0.717) is 25.8 Å². The summed E-state index contributed by atoms with van der Waals surface area (Å²) in [6, 6.07) is 25.8. The number of amides is 1. The summed E-state index contributed by atoms with van der Waals surface area (Å²) in [5.41, 5.74) is 9.11. The molecule has 0 spiro atoms. The monoisotopic (exact) mass is 745 g/mol. The van der Waals surface area contributed by atoms with E-state index in [2.05, 4.69) is 146 Å². The zero-order chi connectivity index (χ0) is 38.5. The number of hydrogen-bond acceptors (Lipinski definition) is 5. The summed E-state index contributed by atoms with van der Waals surface area (Å²) >= 11 is 0. The minimum absolute atomic E-state index is 0.127. The highest BCUT2D eigenvalue weighted by Gasteiger charge is 2.45. The minimum atomic E-state index is -4.00. The average molecular weight is 746 g/mol. The number of hydrogen-bond donors (Lipinski definition) is 3. The van der Waals surface area contributed by atoms with Gasteiger partial charge in [-0.1, -0.05) is 98.8 Å². The number of fused-ring (bicyclic) bond motifs is 6. The fraction of sp³-hybridized carbons (Fsp3) is 0.333. The molecular formula is C45H53N4O4S+. The second-order valence-corrected chi connectivity index (χ2v) is 16.9. The van der Waals surface area contributed by atoms with Crippen molar-refractivity contribution in [1.82, 2.24) is 5.43 Å². The van der Waals surface area contributed by atoms with Crippen molar-refractivity contribution < 1.29 is 22.3 Å². The second-order valence-electron chi connectivity index (χ2n) is 15.4. The van der Waals surface area contributed by atoms with Gasteiger partial charge in [0.15, 0.2) is 5.71 Å². The quantitative estimate of drug-likeness (QED) is 0.0213. The maximum absolute atomic E-state index is 11.6. The van der Waals surface area contributed by atoms with Gasteiger partial charge < -0.3 is 4.90 Å². The number of carbonyl (C=O) groups excluding carboxylic acids is 1. The first-order chi connectivity index (χ1) is 25.8. The molecule has 8 nitrogen and oxygen atoms in total. The standard InChI is InChI=1S/C45H52N4O4S/c1-44(2)39(48(30-16-8-11-25-41(50)47-46)37-28-26-33-19-12-14-21-35(33)42(37)44)23-9-6-5-7-10-24-40-45(3,4)43-36-22-15-13-20-34(36)27-29-38(43)49(40)31-17-18-32-54(51,52)53/h5-7,9-10,12-15,19-24,26-29H,8,11,16-18,25,30-32,46H2,1-4H3,(H-,47,50,51,52,53)/p+1. The average Bonchev–Trinajstić information content (AvgIpc) is 3.50. The van der Waals surface area contributed by atoms with Gasteiger partial charge in [-0.25, -0.2) is 5.84 Å². The predicted molar refractivity (Wildman–Crippen MR) is 223 cm³/mol. The van der Waals surface area contributed by atoms with Gasteiger partial charge in [0, 0.05) is 53.9 Å². The highest BCUT2D eigenvalue weighted by atomic mass is 32.2. The highest BCUT2D eigenvalue weighted by molar-refractivity contribution is 7.85. The van der Waals surface area contributed by atoms with Crippen LogP contribution in [0.15, 0.2) is 121 Å². The predicted octanol–water partition coefficient (Wildman–Crippen LogP) is 8.94. The Hall–Kier alpha value is -4.83. The van der Waals surface area contributed by atoms with Crippen LogP contribution in [0.4, 0.5) is 11.4 Å². The van der Waals surface area contributed by atoms with Gasteiger partial charge in [-0.15, -0.1) is 0 Å². The van der Waals surface area contributed by atoms with E-state index in [1.54, 1.807) is 0 Å². The van der Waals surface area contributed by atoms with Crippen LogP contribution in [0.2, 0.25) is 0 Å². The van der Waals surface area contributed by atoms with E-state index >= 15 is 0 Å². The van der Waals surface area contributed by atoms with E-state index in [9.17, 15) is 17.8 Å². The first-order valence-corrected chi connectivity index (χ1v) is 20.6. The molecule has 9 heteroatoms. The largest absolute Gasteiger partial charge is 0.344 e. The first-order valence-electron chi connectivity index (χ1n) is 19.0. The van der Waals surface area contributed by atoms with Crippen molar-refractivity contribution in [3.8, 4) is 0 Å². The number of nitrogens with one attached hydrogen (secondary N) is 1. The summed E-state index contributed by atoms with van der Waals surface area (Å²) in [6.07, 6.45) is 18.9. The van der Waals surface area contributed by atoms with Crippen molar-refractivity contribution in [1.29, 1.82) is 0 Å². The molecule has 0 saturated heterocycles. The molecule has 2 aliphatic heterocycles. The van der Waals surface area contributed by atoms with Gasteiger partial charge in [-0.05, 0) is 84.8 Å². The Bertz CT molecular complexity index is 2310. The van der Waals surface area contributed by atoms with Gasteiger partial charge >= 0.3 is 0 Å². The molecule has 1 amide bonds. The summed E-state index contributed by atoms with van der Waals surface area (Å²) in [4.78, 5) is 14.0. The third kappa shape index (κ3) is 8.14. The summed E-state index contributed by atoms with van der Waals surface area (Å²) in [6.45, 7) is 10.6. The van der Waals surface area contributed by atoms with Crippen LogP contribution < -0.4 is 16.2 Å². The first kappa shape index (κ1) is 38.9. The number of benzene rings is 4. The third-order valence-electron chi connectivity index (χ3n) is 10.9. The van der Waals surface area contributed by atoms with Crippen molar-refractivity contribution >= 4 is 54.7 Å². The number of nitrogens with zero attached hydrogens (tertiary/aromatic N) is 2. The number of hydrazine groups is 1. The summed E-state index contributed by atoms with van der Waals surface area (Å²) < 4.78 is 34.5. The molecule has 0 atom stereocenters. The topological polar surface area (TPSA) is 116 Å². The van der Waals surface area contributed by atoms with Crippen LogP contribution >= 0.6 is 0 Å². The van der Waals surface area contributed by atoms with Gasteiger partial charge in [-0.3, -0.25) is 14.8 Å². The van der Waals surface area contributed by atoms with Crippen molar-refractivity contribution in [2.45, 2.75) is 77.0 Å². The van der Waals surface area contributed by atoms with Crippen molar-refractivity contribution in [2.24, 2.45) is 5.84 Å². The van der Waals surface area contributed by atoms with Gasteiger partial charge in [0.05, 0.1) is 11.2 Å². The lowest BCUT2D eigenvalue weighted by Crippen LogP contribution is -2.29. The molecule has 2 heterocycles. The molecule has 6 rings (SSSR count). The zero-order valence-corrected chi connectivity index (χ0v) is 32.7. The molecule has 2 aliphatic rings. The molecule has 0 bridgehead atoms. The molecule has 0 aromatic heterocycles. The lowest BCUT2D eigenvalue weighted by molar-refractivity contribution is -0.438. The van der Waals surface area contributed by atoms with Crippen molar-refractivity contribution in [3.63, 3.8) is 0 Å². The van der Waals surface area contributed by atoms with E-state index in [4.69, 9.17) is 5.84 Å². The Morgan fingerprint density at radius 2 is 1.43 bits per heavy atom. The van der Waals surface area contributed by atoms with Crippen LogP contribution in [0, 0.1) is 0 Å². The molecule has 0 unspecified atom stereocenters. The summed E-state index contributed by atoms with van der Waals surface area (Å²) in [5.74, 6) is 4.91. The number of unbranched alkanes of at least 4 members (excludes halogenated alkanes) is 3. The maximum Gasteiger partial charge on any atom is 0.264 e. The molecule has 4 aromatic carbocycles. The number of rotatable bonds is 15. The van der Waals surface area contributed by atoms with Crippen LogP contribution in [-0.4, -0.2) is 48.0 Å². The van der Waals surface area contributed by atoms with Crippen molar-refractivity contribution in [2.75, 3.05) is 23.7 Å². The maximum atomic E-state index is 11.6. The fourth-order valence-corrected chi connectivity index (χ4v) is 8.97. The number of nitrogens with two attached hydrogens (primary N) is 1. The normalized spacial score (nSPS) is 17.2. The molecule has 54 heavy (non-hydrogen) atoms. The van der Waals surface area contributed by atoms with Crippen LogP contribution in [0.1, 0.15) is 77.3 Å². The van der Waals surface area contributed by atoms with Crippen molar-refractivity contribution in [3.05, 3.63) is 132 Å². The molecule has 0 radical (unpaired) electrons. The molecule has 4 aromatic rings. The Balaban J connectivity index is 1.23. The van der Waals surface area contributed by atoms with Gasteiger partial charge in [0.1, 0.15) is 6.54 Å². The molecule has 0 fully saturated rings. The second kappa shape index (κ2) is 16.3. The lowest BCUT2D eigenvalue weighted by Gasteiger charge is -2.27. The minimum Gasteiger partial charge on any atom is -0.344 e. The Labute approximate surface area is 320 Å². The number of carbonyl (C=O) groups is 1. The van der Waals surface area contributed by atoms with Crippen LogP contribution in [0.5, 0.6) is 0 Å².